The van der Waals surface area contributed by atoms with Gasteiger partial charge in [0, 0.05) is 22.5 Å². The van der Waals surface area contributed by atoms with Crippen LogP contribution in [-0.2, 0) is 55.1 Å². The van der Waals surface area contributed by atoms with Crippen molar-refractivity contribution in [3.05, 3.63) is 107 Å². The lowest BCUT2D eigenvalue weighted by molar-refractivity contribution is -0.105. The molecular weight excluding hydrogens is 973 g/mol. The SMILES string of the molecule is CCCCCCCCCc1ccccc1Oc1cccc(N)c1CCCCCCCCC.CCCCCCCCCc1ccccc1Oc1cccc(N)c1CCCCCCCCC.O=S(=O)(O)OOS(=O)(=O)O. The van der Waals surface area contributed by atoms with Gasteiger partial charge < -0.3 is 20.9 Å². The van der Waals surface area contributed by atoms with Gasteiger partial charge in [-0.2, -0.15) is 16.8 Å². The number of rotatable bonds is 39. The summed E-state index contributed by atoms with van der Waals surface area (Å²) in [7, 11) is -10.0. The van der Waals surface area contributed by atoms with Crippen LogP contribution in [0, 0.1) is 0 Å². The fraction of sp³-hybridized carbons (Fsp3) is 0.600. The van der Waals surface area contributed by atoms with E-state index in [1.54, 1.807) is 0 Å². The molecule has 4 aromatic carbocycles. The first-order chi connectivity index (χ1) is 35.7. The molecule has 0 fully saturated rings. The highest BCUT2D eigenvalue weighted by molar-refractivity contribution is 7.83. The van der Waals surface area contributed by atoms with Crippen molar-refractivity contribution in [3.8, 4) is 23.0 Å². The van der Waals surface area contributed by atoms with Crippen LogP contribution < -0.4 is 20.9 Å². The molecule has 74 heavy (non-hydrogen) atoms. The number of nitrogen functional groups attached to an aromatic ring is 2. The number of anilines is 2. The van der Waals surface area contributed by atoms with Crippen molar-refractivity contribution >= 4 is 32.2 Å². The van der Waals surface area contributed by atoms with Crippen LogP contribution in [0.3, 0.4) is 0 Å². The van der Waals surface area contributed by atoms with E-state index in [2.05, 4.69) is 97.0 Å². The lowest BCUT2D eigenvalue weighted by Crippen LogP contribution is -2.10. The minimum absolute atomic E-state index is 0.859. The van der Waals surface area contributed by atoms with Crippen LogP contribution in [0.1, 0.15) is 230 Å². The van der Waals surface area contributed by atoms with Crippen LogP contribution in [0.4, 0.5) is 11.4 Å². The maximum absolute atomic E-state index is 9.51. The molecule has 4 aromatic rings. The van der Waals surface area contributed by atoms with Crippen LogP contribution in [0.2, 0.25) is 0 Å². The van der Waals surface area contributed by atoms with Crippen LogP contribution in [0.15, 0.2) is 84.9 Å². The van der Waals surface area contributed by atoms with E-state index in [4.69, 9.17) is 30.0 Å². The van der Waals surface area contributed by atoms with Gasteiger partial charge in [0.05, 0.1) is 0 Å². The molecule has 0 unspecified atom stereocenters. The Bertz CT molecular complexity index is 2110. The van der Waals surface area contributed by atoms with Gasteiger partial charge in [-0.3, -0.25) is 9.11 Å². The molecule has 0 bridgehead atoms. The summed E-state index contributed by atoms with van der Waals surface area (Å²) in [5, 5.41) is 0. The quantitative estimate of drug-likeness (QED) is 0.0109. The van der Waals surface area contributed by atoms with Gasteiger partial charge in [0.2, 0.25) is 0 Å². The average Bonchev–Trinajstić information content (AvgIpc) is 3.37. The summed E-state index contributed by atoms with van der Waals surface area (Å²) in [5.74, 6) is 3.85. The van der Waals surface area contributed by atoms with Gasteiger partial charge in [0.25, 0.3) is 0 Å². The standard InChI is InChI=1S/2C30H47NO.H2O8S2/c2*1-3-5-7-9-11-13-15-20-26-21-17-18-24-29(26)32-30-25-19-23-28(31)27(30)22-16-14-12-10-8-6-4-2;1-9(2,3)7-8-10(4,5)6/h2*17-19,21,23-25H,3-16,20,22,31H2,1-2H3;(H,1,2,3)(H,4,5,6). The number of aryl methyl sites for hydroxylation is 2. The summed E-state index contributed by atoms with van der Waals surface area (Å²) < 4.78 is 71.8. The van der Waals surface area contributed by atoms with Crippen molar-refractivity contribution < 1.29 is 44.1 Å². The Labute approximate surface area is 448 Å². The molecule has 6 N–H and O–H groups in total. The minimum atomic E-state index is -5.02. The zero-order valence-corrected chi connectivity index (χ0v) is 47.5. The summed E-state index contributed by atoms with van der Waals surface area (Å²) in [6.45, 7) is 9.09. The average molecular weight is 1070 g/mol. The molecule has 4 rings (SSSR count). The molecule has 0 saturated heterocycles. The molecule has 0 aromatic heterocycles. The topological polar surface area (TPSA) is 198 Å². The predicted molar refractivity (Wildman–Crippen MR) is 307 cm³/mol. The monoisotopic (exact) mass is 1070 g/mol. The molecular formula is C60H96N2O10S2. The summed E-state index contributed by atoms with van der Waals surface area (Å²) in [6.07, 6.45) is 41.1. The van der Waals surface area contributed by atoms with E-state index in [1.807, 2.05) is 24.3 Å². The smallest absolute Gasteiger partial charge is 0.425 e. The van der Waals surface area contributed by atoms with Crippen molar-refractivity contribution in [2.75, 3.05) is 11.5 Å². The molecule has 14 heteroatoms. The zero-order chi connectivity index (χ0) is 54.1. The third-order valence-electron chi connectivity index (χ3n) is 13.1. The Hall–Kier alpha value is -4.18. The van der Waals surface area contributed by atoms with Crippen molar-refractivity contribution in [3.63, 3.8) is 0 Å². The van der Waals surface area contributed by atoms with E-state index in [0.29, 0.717) is 0 Å². The predicted octanol–water partition coefficient (Wildman–Crippen LogP) is 17.8. The summed E-state index contributed by atoms with van der Waals surface area (Å²) in [6, 6.07) is 29.3. The molecule has 0 aliphatic rings. The van der Waals surface area contributed by atoms with Crippen molar-refractivity contribution in [1.29, 1.82) is 0 Å². The molecule has 0 amide bonds. The van der Waals surface area contributed by atoms with Crippen molar-refractivity contribution in [2.24, 2.45) is 0 Å². The lowest BCUT2D eigenvalue weighted by atomic mass is 10.0. The molecule has 0 aliphatic carbocycles. The third-order valence-corrected chi connectivity index (χ3v) is 13.6. The summed E-state index contributed by atoms with van der Waals surface area (Å²) in [5.41, 5.74) is 19.4. The third kappa shape index (κ3) is 32.3. The molecule has 0 saturated carbocycles. The molecule has 0 aliphatic heterocycles. The van der Waals surface area contributed by atoms with Gasteiger partial charge in [-0.05, 0) is 98.9 Å². The first-order valence-corrected chi connectivity index (χ1v) is 31.0. The first-order valence-electron chi connectivity index (χ1n) is 28.3. The van der Waals surface area contributed by atoms with Crippen LogP contribution in [-0.4, -0.2) is 25.9 Å². The van der Waals surface area contributed by atoms with Gasteiger partial charge in [-0.25, -0.2) is 0 Å². The number of hydrogen-bond acceptors (Lipinski definition) is 10. The van der Waals surface area contributed by atoms with Gasteiger partial charge >= 0.3 is 20.8 Å². The Morgan fingerprint density at radius 1 is 0.338 bits per heavy atom. The van der Waals surface area contributed by atoms with Crippen LogP contribution >= 0.6 is 0 Å². The van der Waals surface area contributed by atoms with Gasteiger partial charge in [-0.15, -0.1) is 0 Å². The van der Waals surface area contributed by atoms with Gasteiger partial charge in [-0.1, -0.05) is 239 Å². The molecule has 12 nitrogen and oxygen atoms in total. The second-order valence-corrected chi connectivity index (χ2v) is 21.5. The largest absolute Gasteiger partial charge is 0.457 e. The van der Waals surface area contributed by atoms with E-state index >= 15 is 0 Å². The number of hydrogen-bond donors (Lipinski definition) is 4. The Balaban J connectivity index is 0.000000428. The van der Waals surface area contributed by atoms with Crippen LogP contribution in [0.5, 0.6) is 23.0 Å². The fourth-order valence-electron chi connectivity index (χ4n) is 8.88. The molecule has 0 atom stereocenters. The van der Waals surface area contributed by atoms with E-state index in [9.17, 15) is 16.8 Å². The second kappa shape index (κ2) is 41.0. The van der Waals surface area contributed by atoms with E-state index in [1.165, 1.54) is 202 Å². The van der Waals surface area contributed by atoms with E-state index in [-0.39, 0.29) is 0 Å². The minimum Gasteiger partial charge on any atom is -0.457 e. The number of benzene rings is 4. The van der Waals surface area contributed by atoms with Gasteiger partial charge in [0.15, 0.2) is 0 Å². The Kier molecular flexibility index (Phi) is 36.6. The lowest BCUT2D eigenvalue weighted by Gasteiger charge is -2.16. The highest BCUT2D eigenvalue weighted by Crippen LogP contribution is 2.35. The number of ether oxygens (including phenoxy) is 2. The van der Waals surface area contributed by atoms with Crippen molar-refractivity contribution in [2.45, 2.75) is 233 Å². The maximum atomic E-state index is 9.51. The Morgan fingerprint density at radius 3 is 0.892 bits per heavy atom. The highest BCUT2D eigenvalue weighted by Gasteiger charge is 2.15. The fourth-order valence-corrected chi connectivity index (χ4v) is 9.44. The summed E-state index contributed by atoms with van der Waals surface area (Å²) >= 11 is 0. The molecule has 0 heterocycles. The normalized spacial score (nSPS) is 11.4. The van der Waals surface area contributed by atoms with E-state index < -0.39 is 20.8 Å². The Morgan fingerprint density at radius 2 is 0.595 bits per heavy atom. The second-order valence-electron chi connectivity index (χ2n) is 19.5. The van der Waals surface area contributed by atoms with Crippen LogP contribution in [0.25, 0.3) is 0 Å². The maximum Gasteiger partial charge on any atom is 0.425 e. The summed E-state index contributed by atoms with van der Waals surface area (Å²) in [4.78, 5) is 0. The highest BCUT2D eigenvalue weighted by atomic mass is 32.3. The first kappa shape index (κ1) is 65.9. The van der Waals surface area contributed by atoms with E-state index in [0.717, 1.165) is 60.1 Å². The number of nitrogens with two attached hydrogens (primary N) is 2. The number of unbranched alkanes of at least 4 members (excludes halogenated alkanes) is 24. The zero-order valence-electron chi connectivity index (χ0n) is 45.8. The molecule has 0 spiro atoms. The molecule has 418 valence electrons. The van der Waals surface area contributed by atoms with Crippen molar-refractivity contribution in [1.82, 2.24) is 0 Å². The number of para-hydroxylation sites is 2. The molecule has 0 radical (unpaired) electrons. The van der Waals surface area contributed by atoms with Gasteiger partial charge in [0.1, 0.15) is 23.0 Å².